The highest BCUT2D eigenvalue weighted by Gasteiger charge is 2.11. The van der Waals surface area contributed by atoms with Gasteiger partial charge in [0, 0.05) is 0 Å². The number of halogens is 1. The molecule has 138 valence electrons. The molecule has 0 N–H and O–H groups in total. The van der Waals surface area contributed by atoms with Gasteiger partial charge in [-0.05, 0) is 83.0 Å². The van der Waals surface area contributed by atoms with E-state index in [0.717, 1.165) is 32.6 Å². The van der Waals surface area contributed by atoms with Crippen molar-refractivity contribution in [3.63, 3.8) is 0 Å². The molecule has 0 saturated heterocycles. The van der Waals surface area contributed by atoms with Gasteiger partial charge in [-0.2, -0.15) is 0 Å². The molecule has 0 aliphatic heterocycles. The van der Waals surface area contributed by atoms with Crippen LogP contribution < -0.4 is 9.47 Å². The average Bonchev–Trinajstić information content (AvgIpc) is 3.13. The second-order valence-electron chi connectivity index (χ2n) is 5.82. The predicted octanol–water partition coefficient (Wildman–Crippen LogP) is 6.58. The lowest BCUT2D eigenvalue weighted by Gasteiger charge is -2.08. The zero-order valence-electron chi connectivity index (χ0n) is 14.7. The van der Waals surface area contributed by atoms with E-state index in [4.69, 9.17) is 9.47 Å². The summed E-state index contributed by atoms with van der Waals surface area (Å²) in [4.78, 5) is 12.7. The number of carbonyl (C=O) groups is 1. The fourth-order valence-corrected chi connectivity index (χ4v) is 3.96. The molecule has 0 amide bonds. The van der Waals surface area contributed by atoms with Crippen molar-refractivity contribution in [2.24, 2.45) is 0 Å². The number of carbonyl (C=O) groups excluding carboxylic acids is 1. The van der Waals surface area contributed by atoms with Crippen molar-refractivity contribution >= 4 is 39.9 Å². The lowest BCUT2D eigenvalue weighted by Crippen LogP contribution is -2.06. The van der Waals surface area contributed by atoms with Crippen LogP contribution in [0, 0.1) is 2.88 Å². The van der Waals surface area contributed by atoms with Gasteiger partial charge in [-0.15, -0.1) is 17.9 Å². The molecule has 5 heteroatoms. The van der Waals surface area contributed by atoms with Crippen LogP contribution in [0.25, 0.3) is 11.1 Å². The second-order valence-corrected chi connectivity index (χ2v) is 8.80. The number of ether oxygens (including phenoxy) is 2. The van der Waals surface area contributed by atoms with Crippen LogP contribution in [-0.2, 0) is 0 Å². The van der Waals surface area contributed by atoms with E-state index in [9.17, 15) is 4.79 Å². The van der Waals surface area contributed by atoms with Crippen molar-refractivity contribution in [2.45, 2.75) is 12.8 Å². The Bertz CT molecular complexity index is 898. The summed E-state index contributed by atoms with van der Waals surface area (Å²) in [6, 6.07) is 19.2. The summed E-state index contributed by atoms with van der Waals surface area (Å²) in [6.45, 7) is 4.39. The number of benzene rings is 2. The van der Waals surface area contributed by atoms with Gasteiger partial charge in [-0.25, -0.2) is 4.79 Å². The topological polar surface area (TPSA) is 35.5 Å². The SMILES string of the molecule is C=CCCCOc1ccc(-c2ccc(OC(=O)c3ccc(I)s3)cc2)cc1. The van der Waals surface area contributed by atoms with Gasteiger partial charge in [0.05, 0.1) is 9.49 Å². The third-order valence-electron chi connectivity index (χ3n) is 3.85. The van der Waals surface area contributed by atoms with E-state index in [0.29, 0.717) is 17.2 Å². The molecule has 3 rings (SSSR count). The first-order valence-electron chi connectivity index (χ1n) is 8.57. The lowest BCUT2D eigenvalue weighted by molar-refractivity contribution is 0.0740. The summed E-state index contributed by atoms with van der Waals surface area (Å²) in [5.41, 5.74) is 2.14. The van der Waals surface area contributed by atoms with Gasteiger partial charge < -0.3 is 9.47 Å². The molecule has 0 radical (unpaired) electrons. The molecule has 3 nitrogen and oxygen atoms in total. The zero-order chi connectivity index (χ0) is 19.1. The Balaban J connectivity index is 1.59. The highest BCUT2D eigenvalue weighted by atomic mass is 127. The Morgan fingerprint density at radius 1 is 0.963 bits per heavy atom. The highest BCUT2D eigenvalue weighted by molar-refractivity contribution is 14.1. The molecule has 3 aromatic rings. The minimum atomic E-state index is -0.325. The number of thiophene rings is 1. The third-order valence-corrected chi connectivity index (χ3v) is 5.72. The first-order chi connectivity index (χ1) is 13.2. The van der Waals surface area contributed by atoms with E-state index in [2.05, 4.69) is 29.2 Å². The molecule has 0 aliphatic carbocycles. The molecule has 0 aliphatic rings. The van der Waals surface area contributed by atoms with Crippen LogP contribution in [0.2, 0.25) is 0 Å². The van der Waals surface area contributed by atoms with Gasteiger partial charge in [-0.1, -0.05) is 30.3 Å². The average molecular weight is 490 g/mol. The second kappa shape index (κ2) is 9.71. The van der Waals surface area contributed by atoms with E-state index in [-0.39, 0.29) is 5.97 Å². The Morgan fingerprint density at radius 2 is 1.59 bits per heavy atom. The highest BCUT2D eigenvalue weighted by Crippen LogP contribution is 2.26. The molecule has 0 bridgehead atoms. The van der Waals surface area contributed by atoms with E-state index in [1.807, 2.05) is 60.7 Å². The largest absolute Gasteiger partial charge is 0.494 e. The van der Waals surface area contributed by atoms with Crippen molar-refractivity contribution in [1.29, 1.82) is 0 Å². The Labute approximate surface area is 176 Å². The first kappa shape index (κ1) is 19.6. The van der Waals surface area contributed by atoms with Gasteiger partial charge in [0.2, 0.25) is 0 Å². The van der Waals surface area contributed by atoms with E-state index in [1.165, 1.54) is 11.3 Å². The molecule has 0 fully saturated rings. The maximum absolute atomic E-state index is 12.1. The number of rotatable bonds is 8. The van der Waals surface area contributed by atoms with Crippen molar-refractivity contribution in [3.05, 3.63) is 81.1 Å². The fourth-order valence-electron chi connectivity index (χ4n) is 2.46. The van der Waals surface area contributed by atoms with Crippen LogP contribution >= 0.6 is 33.9 Å². The van der Waals surface area contributed by atoms with Crippen molar-refractivity contribution < 1.29 is 14.3 Å². The minimum Gasteiger partial charge on any atom is -0.494 e. The van der Waals surface area contributed by atoms with Crippen molar-refractivity contribution in [1.82, 2.24) is 0 Å². The van der Waals surface area contributed by atoms with E-state index < -0.39 is 0 Å². The van der Waals surface area contributed by atoms with Crippen LogP contribution in [0.1, 0.15) is 22.5 Å². The van der Waals surface area contributed by atoms with Crippen LogP contribution in [0.15, 0.2) is 73.3 Å². The maximum Gasteiger partial charge on any atom is 0.353 e. The van der Waals surface area contributed by atoms with Crippen molar-refractivity contribution in [3.8, 4) is 22.6 Å². The summed E-state index contributed by atoms with van der Waals surface area (Å²) >= 11 is 3.61. The molecule has 0 spiro atoms. The fraction of sp³-hybridized carbons (Fsp3) is 0.136. The third kappa shape index (κ3) is 5.68. The van der Waals surface area contributed by atoms with Gasteiger partial charge in [0.15, 0.2) is 0 Å². The molecule has 27 heavy (non-hydrogen) atoms. The summed E-state index contributed by atoms with van der Waals surface area (Å²) in [5, 5.41) is 0. The number of hydrogen-bond acceptors (Lipinski definition) is 4. The van der Waals surface area contributed by atoms with Gasteiger partial charge in [0.1, 0.15) is 16.4 Å². The van der Waals surface area contributed by atoms with Gasteiger partial charge in [0.25, 0.3) is 0 Å². The quantitative estimate of drug-likeness (QED) is 0.118. The molecule has 0 saturated carbocycles. The minimum absolute atomic E-state index is 0.325. The van der Waals surface area contributed by atoms with E-state index in [1.54, 1.807) is 6.07 Å². The van der Waals surface area contributed by atoms with Crippen LogP contribution in [-0.4, -0.2) is 12.6 Å². The monoisotopic (exact) mass is 490 g/mol. The predicted molar refractivity (Wildman–Crippen MR) is 119 cm³/mol. The molecule has 1 heterocycles. The summed E-state index contributed by atoms with van der Waals surface area (Å²) < 4.78 is 12.2. The van der Waals surface area contributed by atoms with Crippen LogP contribution in [0.3, 0.4) is 0 Å². The molecular formula is C22H19IO3S. The van der Waals surface area contributed by atoms with E-state index >= 15 is 0 Å². The maximum atomic E-state index is 12.1. The van der Waals surface area contributed by atoms with Crippen LogP contribution in [0.4, 0.5) is 0 Å². The molecule has 1 aromatic heterocycles. The number of esters is 1. The smallest absolute Gasteiger partial charge is 0.353 e. The zero-order valence-corrected chi connectivity index (χ0v) is 17.7. The van der Waals surface area contributed by atoms with Gasteiger partial charge >= 0.3 is 5.97 Å². The Hall–Kier alpha value is -2.12. The number of allylic oxidation sites excluding steroid dienone is 1. The standard InChI is InChI=1S/C22H19IO3S/c1-2-3-4-15-25-18-9-5-16(6-10-18)17-7-11-19(12-8-17)26-22(24)20-13-14-21(23)27-20/h2,5-14H,1,3-4,15H2. The molecule has 0 atom stereocenters. The normalized spacial score (nSPS) is 10.4. The van der Waals surface area contributed by atoms with Crippen molar-refractivity contribution in [2.75, 3.05) is 6.61 Å². The van der Waals surface area contributed by atoms with Crippen LogP contribution in [0.5, 0.6) is 11.5 Å². The number of unbranched alkanes of at least 4 members (excludes halogenated alkanes) is 1. The summed E-state index contributed by atoms with van der Waals surface area (Å²) in [7, 11) is 0. The Kier molecular flexibility index (Phi) is 7.06. The molecule has 0 unspecified atom stereocenters. The van der Waals surface area contributed by atoms with Gasteiger partial charge in [-0.3, -0.25) is 0 Å². The lowest BCUT2D eigenvalue weighted by atomic mass is 10.1. The number of hydrogen-bond donors (Lipinski definition) is 0. The summed E-state index contributed by atoms with van der Waals surface area (Å²) in [5.74, 6) is 1.07. The first-order valence-corrected chi connectivity index (χ1v) is 10.5. The molecular weight excluding hydrogens is 471 g/mol. The summed E-state index contributed by atoms with van der Waals surface area (Å²) in [6.07, 6.45) is 3.82. The molecule has 2 aromatic carbocycles. The Morgan fingerprint density at radius 3 is 2.15 bits per heavy atom.